The number of cyclic esters (lactones) is 1. The number of carbonyl (C=O) groups is 5. The van der Waals surface area contributed by atoms with E-state index in [1.165, 1.54) is 11.0 Å². The van der Waals surface area contributed by atoms with Gasteiger partial charge in [0, 0.05) is 25.3 Å². The van der Waals surface area contributed by atoms with Crippen LogP contribution >= 0.6 is 0 Å². The molecule has 5 amide bonds. The van der Waals surface area contributed by atoms with E-state index >= 15 is 0 Å². The molecule has 0 aromatic heterocycles. The number of alkyl halides is 2. The van der Waals surface area contributed by atoms with Crippen LogP contribution < -0.4 is 15.4 Å². The number of amides is 5. The van der Waals surface area contributed by atoms with E-state index in [4.69, 9.17) is 9.47 Å². The Balaban J connectivity index is 1.26. The third-order valence-electron chi connectivity index (χ3n) is 9.94. The van der Waals surface area contributed by atoms with Crippen molar-refractivity contribution in [3.63, 3.8) is 0 Å². The van der Waals surface area contributed by atoms with Crippen LogP contribution in [-0.4, -0.2) is 96.7 Å². The lowest BCUT2D eigenvalue weighted by atomic mass is 10.0. The van der Waals surface area contributed by atoms with E-state index in [2.05, 4.69) is 17.2 Å². The molecule has 276 valence electrons. The standard InChI is InChI=1S/C34H41F2N5O9S/c1-2-22-16-34(22,31(44)39-51(47,48)24-11-12-24)38-29(42)27-14-23-18-41(27)30(43)26(15-28(35)36)37-32(45)49-13-6-4-3-5-8-20-9-7-10-21-17-40(19-25(20)21)33(46)50-23/h2,5,7-10,22-24,26-28H,1,3-4,6,11-19H2,(H,37,45)(H,38,42)(H,39,44)/b8-5+/t22-,23+,26-,27-,34+/m0/s1. The first-order chi connectivity index (χ1) is 24.3. The van der Waals surface area contributed by atoms with Gasteiger partial charge in [-0.1, -0.05) is 36.4 Å². The van der Waals surface area contributed by atoms with Gasteiger partial charge in [0.1, 0.15) is 23.7 Å². The molecule has 3 aliphatic heterocycles. The number of alkyl carbamates (subject to hydrolysis) is 1. The molecule has 3 fully saturated rings. The van der Waals surface area contributed by atoms with Crippen molar-refractivity contribution in [1.82, 2.24) is 25.2 Å². The van der Waals surface area contributed by atoms with Gasteiger partial charge in [-0.2, -0.15) is 0 Å². The lowest BCUT2D eigenvalue weighted by Gasteiger charge is -2.29. The summed E-state index contributed by atoms with van der Waals surface area (Å²) in [5.74, 6) is -3.54. The summed E-state index contributed by atoms with van der Waals surface area (Å²) in [7, 11) is -3.97. The first-order valence-corrected chi connectivity index (χ1v) is 18.6. The number of sulfonamides is 1. The summed E-state index contributed by atoms with van der Waals surface area (Å²) in [5, 5.41) is 4.08. The normalized spacial score (nSPS) is 29.0. The third kappa shape index (κ3) is 8.02. The Kier molecular flexibility index (Phi) is 10.4. The topological polar surface area (TPSA) is 181 Å². The minimum Gasteiger partial charge on any atom is -0.450 e. The molecule has 17 heteroatoms. The summed E-state index contributed by atoms with van der Waals surface area (Å²) in [4.78, 5) is 69.7. The number of nitrogens with zero attached hydrogens (tertiary/aromatic N) is 2. The maximum absolute atomic E-state index is 14.0. The number of hydrogen-bond donors (Lipinski definition) is 3. The molecule has 1 aromatic rings. The Morgan fingerprint density at radius 1 is 1.16 bits per heavy atom. The minimum absolute atomic E-state index is 0.0250. The molecule has 0 spiro atoms. The Bertz CT molecular complexity index is 1740. The highest BCUT2D eigenvalue weighted by atomic mass is 32.2. The molecule has 3 heterocycles. The van der Waals surface area contributed by atoms with Crippen LogP contribution in [-0.2, 0) is 47.0 Å². The second-order valence-corrected chi connectivity index (χ2v) is 15.6. The van der Waals surface area contributed by atoms with Crippen molar-refractivity contribution in [2.24, 2.45) is 5.92 Å². The molecule has 0 unspecified atom stereocenters. The average Bonchev–Trinajstić information content (AvgIpc) is 3.97. The second kappa shape index (κ2) is 14.6. The molecule has 51 heavy (non-hydrogen) atoms. The summed E-state index contributed by atoms with van der Waals surface area (Å²) in [6, 6.07) is 2.50. The maximum atomic E-state index is 14.0. The number of halogens is 2. The van der Waals surface area contributed by atoms with E-state index in [0.717, 1.165) is 21.6 Å². The van der Waals surface area contributed by atoms with Crippen molar-refractivity contribution in [3.05, 3.63) is 53.6 Å². The number of hydrogen-bond acceptors (Lipinski definition) is 9. The maximum Gasteiger partial charge on any atom is 0.410 e. The second-order valence-electron chi connectivity index (χ2n) is 13.6. The number of rotatable bonds is 8. The van der Waals surface area contributed by atoms with Gasteiger partial charge in [0.15, 0.2) is 0 Å². The number of benzene rings is 1. The lowest BCUT2D eigenvalue weighted by Crippen LogP contribution is -2.58. The van der Waals surface area contributed by atoms with Crippen molar-refractivity contribution >= 4 is 46.0 Å². The fourth-order valence-electron chi connectivity index (χ4n) is 6.87. The summed E-state index contributed by atoms with van der Waals surface area (Å²) in [5.41, 5.74) is 1.13. The van der Waals surface area contributed by atoms with Gasteiger partial charge in [0.25, 0.3) is 5.91 Å². The fourth-order valence-corrected chi connectivity index (χ4v) is 8.23. The van der Waals surface area contributed by atoms with Crippen LogP contribution in [0.2, 0.25) is 0 Å². The highest BCUT2D eigenvalue weighted by molar-refractivity contribution is 7.91. The number of allylic oxidation sites excluding steroid dienone is 1. The summed E-state index contributed by atoms with van der Waals surface area (Å²) in [6.07, 6.45) is 0.695. The number of nitrogens with one attached hydrogen (secondary N) is 3. The molecule has 5 atom stereocenters. The predicted molar refractivity (Wildman–Crippen MR) is 177 cm³/mol. The average molecular weight is 734 g/mol. The van der Waals surface area contributed by atoms with Crippen LogP contribution in [0.5, 0.6) is 0 Å². The quantitative estimate of drug-likeness (QED) is 0.339. The van der Waals surface area contributed by atoms with Gasteiger partial charge in [-0.05, 0) is 55.2 Å². The zero-order chi connectivity index (χ0) is 36.5. The molecule has 4 bridgehead atoms. The van der Waals surface area contributed by atoms with Crippen LogP contribution in [0.15, 0.2) is 36.9 Å². The third-order valence-corrected chi connectivity index (χ3v) is 11.8. The van der Waals surface area contributed by atoms with Gasteiger partial charge in [0.2, 0.25) is 28.3 Å². The fraction of sp³-hybridized carbons (Fsp3) is 0.559. The Hall–Kier alpha value is -4.54. The molecule has 1 aromatic carbocycles. The van der Waals surface area contributed by atoms with E-state index in [1.807, 2.05) is 35.1 Å². The predicted octanol–water partition coefficient (Wildman–Crippen LogP) is 2.72. The monoisotopic (exact) mass is 733 g/mol. The van der Waals surface area contributed by atoms with Crippen molar-refractivity contribution < 1.29 is 50.6 Å². The zero-order valence-corrected chi connectivity index (χ0v) is 28.7. The molecule has 6 rings (SSSR count). The van der Waals surface area contributed by atoms with Crippen molar-refractivity contribution in [3.8, 4) is 0 Å². The molecule has 0 radical (unpaired) electrons. The molecule has 5 aliphatic rings. The first-order valence-electron chi connectivity index (χ1n) is 17.1. The van der Waals surface area contributed by atoms with Crippen LogP contribution in [0.1, 0.15) is 68.1 Å². The van der Waals surface area contributed by atoms with Gasteiger partial charge in [-0.3, -0.25) is 24.0 Å². The van der Waals surface area contributed by atoms with Crippen molar-refractivity contribution in [1.29, 1.82) is 0 Å². The first kappa shape index (κ1) is 36.3. The van der Waals surface area contributed by atoms with Crippen molar-refractivity contribution in [2.75, 3.05) is 13.2 Å². The van der Waals surface area contributed by atoms with Gasteiger partial charge < -0.3 is 25.0 Å². The van der Waals surface area contributed by atoms with Gasteiger partial charge in [0.05, 0.1) is 24.9 Å². The smallest absolute Gasteiger partial charge is 0.410 e. The number of fused-ring (bicyclic) bond motifs is 3. The van der Waals surface area contributed by atoms with E-state index in [-0.39, 0.29) is 39.1 Å². The highest BCUT2D eigenvalue weighted by Crippen LogP contribution is 2.45. The lowest BCUT2D eigenvalue weighted by molar-refractivity contribution is -0.141. The molecular formula is C34H41F2N5O9S. The molecule has 3 N–H and O–H groups in total. The molecule has 1 saturated heterocycles. The SMILES string of the molecule is C=C[C@H]1C[C@]1(NC(=O)[C@@H]1C[C@@H]2CN1C(=O)[C@H](CC(F)F)NC(=O)OCCCC/C=C/c1cccc3c1CN(C3)C(=O)O2)C(=O)NS(=O)(=O)C1CC1. The van der Waals surface area contributed by atoms with Crippen LogP contribution in [0, 0.1) is 5.92 Å². The van der Waals surface area contributed by atoms with E-state index in [0.29, 0.717) is 32.1 Å². The number of carbonyl (C=O) groups excluding carboxylic acids is 5. The van der Waals surface area contributed by atoms with E-state index < -0.39 is 87.7 Å². The summed E-state index contributed by atoms with van der Waals surface area (Å²) < 4.78 is 65.6. The van der Waals surface area contributed by atoms with E-state index in [1.54, 1.807) is 0 Å². The van der Waals surface area contributed by atoms with Gasteiger partial charge in [-0.15, -0.1) is 6.58 Å². The van der Waals surface area contributed by atoms with E-state index in [9.17, 15) is 41.2 Å². The summed E-state index contributed by atoms with van der Waals surface area (Å²) >= 11 is 0. The summed E-state index contributed by atoms with van der Waals surface area (Å²) in [6.45, 7) is 3.79. The van der Waals surface area contributed by atoms with Crippen molar-refractivity contribution in [2.45, 2.75) is 99.9 Å². The van der Waals surface area contributed by atoms with Gasteiger partial charge in [-0.25, -0.2) is 26.8 Å². The molecule has 14 nitrogen and oxygen atoms in total. The zero-order valence-electron chi connectivity index (χ0n) is 27.9. The molecular weight excluding hydrogens is 692 g/mol. The van der Waals surface area contributed by atoms with Crippen LogP contribution in [0.4, 0.5) is 18.4 Å². The largest absolute Gasteiger partial charge is 0.450 e. The highest BCUT2D eigenvalue weighted by Gasteiger charge is 2.62. The van der Waals surface area contributed by atoms with Crippen LogP contribution in [0.25, 0.3) is 6.08 Å². The Morgan fingerprint density at radius 3 is 2.65 bits per heavy atom. The van der Waals surface area contributed by atoms with Crippen LogP contribution in [0.3, 0.4) is 0 Å². The Labute approximate surface area is 294 Å². The number of ether oxygens (including phenoxy) is 2. The minimum atomic E-state index is -3.97. The van der Waals surface area contributed by atoms with Gasteiger partial charge >= 0.3 is 12.2 Å². The molecule has 2 saturated carbocycles. The molecule has 2 aliphatic carbocycles. The Morgan fingerprint density at radius 2 is 1.94 bits per heavy atom.